The van der Waals surface area contributed by atoms with Gasteiger partial charge in [-0.3, -0.25) is 0 Å². The minimum Gasteiger partial charge on any atom is -0.455 e. The van der Waals surface area contributed by atoms with Gasteiger partial charge in [-0.2, -0.15) is 0 Å². The first-order chi connectivity index (χ1) is 15.3. The highest BCUT2D eigenvalue weighted by atomic mass is 79.9. The molecule has 148 valence electrons. The first-order valence-corrected chi connectivity index (χ1v) is 11.7. The Labute approximate surface area is 192 Å². The van der Waals surface area contributed by atoms with E-state index in [1.54, 1.807) is 0 Å². The summed E-state index contributed by atoms with van der Waals surface area (Å²) in [5, 5.41) is 2.32. The molecule has 3 heteroatoms. The summed E-state index contributed by atoms with van der Waals surface area (Å²) in [5.74, 6) is 0. The van der Waals surface area contributed by atoms with E-state index in [0.29, 0.717) is 0 Å². The third-order valence-electron chi connectivity index (χ3n) is 5.62. The summed E-state index contributed by atoms with van der Waals surface area (Å²) >= 11 is 5.33. The van der Waals surface area contributed by atoms with E-state index in [1.165, 1.54) is 20.9 Å². The van der Waals surface area contributed by atoms with E-state index in [1.807, 2.05) is 23.5 Å². The van der Waals surface area contributed by atoms with Crippen LogP contribution in [0.4, 0.5) is 0 Å². The molecule has 0 radical (unpaired) electrons. The molecule has 0 aliphatic rings. The zero-order valence-electron chi connectivity index (χ0n) is 16.5. The molecular formula is C28H17BrOS. The number of thiophene rings is 1. The van der Waals surface area contributed by atoms with Crippen LogP contribution in [0.3, 0.4) is 0 Å². The highest BCUT2D eigenvalue weighted by molar-refractivity contribution is 9.10. The molecule has 4 aromatic carbocycles. The SMILES string of the molecule is Brc1ccc(-c2ccc(-c3ccc(-c4cccc5c4oc4ccccc45)cc3)s2)cc1. The van der Waals surface area contributed by atoms with E-state index in [0.717, 1.165) is 37.5 Å². The van der Waals surface area contributed by atoms with Crippen molar-refractivity contribution < 1.29 is 4.42 Å². The number of rotatable bonds is 3. The second kappa shape index (κ2) is 7.52. The van der Waals surface area contributed by atoms with Crippen LogP contribution in [0.1, 0.15) is 0 Å². The third-order valence-corrected chi connectivity index (χ3v) is 7.33. The zero-order valence-corrected chi connectivity index (χ0v) is 18.9. The lowest BCUT2D eigenvalue weighted by Crippen LogP contribution is -1.79. The molecule has 0 saturated carbocycles. The predicted octanol–water partition coefficient (Wildman–Crippen LogP) is 9.41. The van der Waals surface area contributed by atoms with Gasteiger partial charge >= 0.3 is 0 Å². The molecule has 0 saturated heterocycles. The maximum Gasteiger partial charge on any atom is 0.143 e. The molecule has 6 rings (SSSR count). The van der Waals surface area contributed by atoms with Crippen molar-refractivity contribution in [3.8, 4) is 32.0 Å². The van der Waals surface area contributed by atoms with Crippen LogP contribution in [-0.2, 0) is 0 Å². The minimum absolute atomic E-state index is 0.931. The van der Waals surface area contributed by atoms with E-state index < -0.39 is 0 Å². The molecule has 0 spiro atoms. The van der Waals surface area contributed by atoms with E-state index in [4.69, 9.17) is 4.42 Å². The maximum atomic E-state index is 6.21. The van der Waals surface area contributed by atoms with Crippen molar-refractivity contribution in [1.29, 1.82) is 0 Å². The standard InChI is InChI=1S/C28H17BrOS/c29-21-14-12-20(13-15-21)27-17-16-26(31-27)19-10-8-18(9-11-19)22-5-3-6-24-23-4-1-2-7-25(23)30-28(22)24/h1-17H. The van der Waals surface area contributed by atoms with Crippen LogP contribution in [0.25, 0.3) is 53.9 Å². The average molecular weight is 481 g/mol. The Morgan fingerprint density at radius 1 is 0.548 bits per heavy atom. The van der Waals surface area contributed by atoms with Gasteiger partial charge in [0.25, 0.3) is 0 Å². The second-order valence-corrected chi connectivity index (χ2v) is 9.53. The number of hydrogen-bond acceptors (Lipinski definition) is 2. The first kappa shape index (κ1) is 18.6. The van der Waals surface area contributed by atoms with Crippen LogP contribution >= 0.6 is 27.3 Å². The Hall–Kier alpha value is -3.14. The van der Waals surface area contributed by atoms with Crippen LogP contribution < -0.4 is 0 Å². The number of hydrogen-bond donors (Lipinski definition) is 0. The van der Waals surface area contributed by atoms with Gasteiger partial charge in [0.05, 0.1) is 0 Å². The van der Waals surface area contributed by atoms with Crippen molar-refractivity contribution in [1.82, 2.24) is 0 Å². The van der Waals surface area contributed by atoms with Crippen molar-refractivity contribution in [3.05, 3.63) is 108 Å². The molecule has 0 aliphatic carbocycles. The monoisotopic (exact) mass is 480 g/mol. The summed E-state index contributed by atoms with van der Waals surface area (Å²) in [5.41, 5.74) is 6.65. The summed E-state index contributed by atoms with van der Waals surface area (Å²) in [6.45, 7) is 0. The minimum atomic E-state index is 0.931. The molecule has 0 amide bonds. The van der Waals surface area contributed by atoms with Gasteiger partial charge in [-0.1, -0.05) is 88.7 Å². The quantitative estimate of drug-likeness (QED) is 0.245. The fourth-order valence-corrected chi connectivity index (χ4v) is 5.33. The molecule has 2 heterocycles. The number of benzene rings is 4. The van der Waals surface area contributed by atoms with Crippen molar-refractivity contribution in [2.24, 2.45) is 0 Å². The van der Waals surface area contributed by atoms with Crippen LogP contribution in [0.2, 0.25) is 0 Å². The molecule has 0 atom stereocenters. The van der Waals surface area contributed by atoms with Gasteiger partial charge < -0.3 is 4.42 Å². The normalized spacial score (nSPS) is 11.4. The van der Waals surface area contributed by atoms with Crippen molar-refractivity contribution in [2.45, 2.75) is 0 Å². The highest BCUT2D eigenvalue weighted by Gasteiger charge is 2.12. The van der Waals surface area contributed by atoms with Crippen LogP contribution in [0.15, 0.2) is 112 Å². The van der Waals surface area contributed by atoms with Gasteiger partial charge in [-0.05, 0) is 47.0 Å². The van der Waals surface area contributed by atoms with Crippen molar-refractivity contribution in [2.75, 3.05) is 0 Å². The van der Waals surface area contributed by atoms with Crippen molar-refractivity contribution in [3.63, 3.8) is 0 Å². The number of furan rings is 1. The summed E-state index contributed by atoms with van der Waals surface area (Å²) in [4.78, 5) is 2.55. The molecule has 1 nitrogen and oxygen atoms in total. The van der Waals surface area contributed by atoms with E-state index in [2.05, 4.69) is 107 Å². The molecule has 31 heavy (non-hydrogen) atoms. The third kappa shape index (κ3) is 3.31. The van der Waals surface area contributed by atoms with Crippen LogP contribution in [0, 0.1) is 0 Å². The Morgan fingerprint density at radius 3 is 1.90 bits per heavy atom. The Balaban J connectivity index is 1.37. The van der Waals surface area contributed by atoms with E-state index in [9.17, 15) is 0 Å². The first-order valence-electron chi connectivity index (χ1n) is 10.1. The number of fused-ring (bicyclic) bond motifs is 3. The van der Waals surface area contributed by atoms with Crippen LogP contribution in [0.5, 0.6) is 0 Å². The van der Waals surface area contributed by atoms with Gasteiger partial charge in [-0.25, -0.2) is 0 Å². The second-order valence-electron chi connectivity index (χ2n) is 7.53. The van der Waals surface area contributed by atoms with E-state index >= 15 is 0 Å². The van der Waals surface area contributed by atoms with Gasteiger partial charge in [0.15, 0.2) is 0 Å². The average Bonchev–Trinajstić information content (AvgIpc) is 3.45. The lowest BCUT2D eigenvalue weighted by Gasteiger charge is -2.04. The molecule has 0 N–H and O–H groups in total. The number of halogens is 1. The maximum absolute atomic E-state index is 6.21. The molecule has 0 fully saturated rings. The lowest BCUT2D eigenvalue weighted by molar-refractivity contribution is 0.670. The number of para-hydroxylation sites is 2. The zero-order chi connectivity index (χ0) is 20.8. The fourth-order valence-electron chi connectivity index (χ4n) is 4.05. The lowest BCUT2D eigenvalue weighted by atomic mass is 10.0. The Morgan fingerprint density at radius 2 is 1.16 bits per heavy atom. The summed E-state index contributed by atoms with van der Waals surface area (Å²) in [7, 11) is 0. The Kier molecular flexibility index (Phi) is 4.52. The Bertz CT molecular complexity index is 1520. The summed E-state index contributed by atoms with van der Waals surface area (Å²) in [6, 6.07) is 36.3. The van der Waals surface area contributed by atoms with Gasteiger partial charge in [0.1, 0.15) is 11.2 Å². The topological polar surface area (TPSA) is 13.1 Å². The van der Waals surface area contributed by atoms with Crippen LogP contribution in [-0.4, -0.2) is 0 Å². The van der Waals surface area contributed by atoms with Gasteiger partial charge in [0, 0.05) is 30.6 Å². The summed E-state index contributed by atoms with van der Waals surface area (Å²) < 4.78 is 7.31. The van der Waals surface area contributed by atoms with E-state index in [-0.39, 0.29) is 0 Å². The summed E-state index contributed by atoms with van der Waals surface area (Å²) in [6.07, 6.45) is 0. The molecule has 2 aromatic heterocycles. The molecule has 0 aliphatic heterocycles. The highest BCUT2D eigenvalue weighted by Crippen LogP contribution is 2.38. The molecular weight excluding hydrogens is 464 g/mol. The predicted molar refractivity (Wildman–Crippen MR) is 136 cm³/mol. The van der Waals surface area contributed by atoms with Crippen molar-refractivity contribution >= 4 is 49.2 Å². The fraction of sp³-hybridized carbons (Fsp3) is 0. The van der Waals surface area contributed by atoms with Gasteiger partial charge in [0.2, 0.25) is 0 Å². The largest absolute Gasteiger partial charge is 0.455 e. The molecule has 0 unspecified atom stereocenters. The molecule has 0 bridgehead atoms. The molecule has 6 aromatic rings. The smallest absolute Gasteiger partial charge is 0.143 e. The van der Waals surface area contributed by atoms with Gasteiger partial charge in [-0.15, -0.1) is 11.3 Å².